The molecule has 1 N–H and O–H groups in total. The maximum absolute atomic E-state index is 6.04. The first-order valence-electron chi connectivity index (χ1n) is 7.32. The summed E-state index contributed by atoms with van der Waals surface area (Å²) in [5.74, 6) is 3.76. The first kappa shape index (κ1) is 13.4. The van der Waals surface area contributed by atoms with Crippen LogP contribution in [0, 0.1) is 17.8 Å². The second-order valence-electron chi connectivity index (χ2n) is 6.03. The van der Waals surface area contributed by atoms with Crippen LogP contribution in [0.5, 0.6) is 5.75 Å². The molecule has 2 saturated carbocycles. The van der Waals surface area contributed by atoms with Crippen LogP contribution >= 0.6 is 15.9 Å². The molecule has 2 fully saturated rings. The highest BCUT2D eigenvalue weighted by Crippen LogP contribution is 2.48. The highest BCUT2D eigenvalue weighted by atomic mass is 79.9. The molecule has 0 aliphatic heterocycles. The van der Waals surface area contributed by atoms with Gasteiger partial charge in [-0.25, -0.2) is 0 Å². The maximum Gasteiger partial charge on any atom is 0.119 e. The minimum Gasteiger partial charge on any atom is -0.493 e. The van der Waals surface area contributed by atoms with Gasteiger partial charge in [-0.2, -0.15) is 0 Å². The number of nitrogens with one attached hydrogen (secondary N) is 1. The zero-order valence-corrected chi connectivity index (χ0v) is 13.1. The Morgan fingerprint density at radius 2 is 2.21 bits per heavy atom. The lowest BCUT2D eigenvalue weighted by Crippen LogP contribution is -2.18. The molecule has 1 aromatic rings. The molecule has 3 heteroatoms. The van der Waals surface area contributed by atoms with Crippen molar-refractivity contribution in [3.05, 3.63) is 28.2 Å². The van der Waals surface area contributed by atoms with Crippen molar-refractivity contribution in [3.63, 3.8) is 0 Å². The molecule has 3 atom stereocenters. The third-order valence-electron chi connectivity index (χ3n) is 4.73. The van der Waals surface area contributed by atoms with Crippen LogP contribution in [-0.4, -0.2) is 13.7 Å². The SMILES string of the molecule is CNCc1cc(OCC2CC3CCC2C3)ccc1Br. The lowest BCUT2D eigenvalue weighted by atomic mass is 9.89. The fourth-order valence-electron chi connectivity index (χ4n) is 3.75. The molecular formula is C16H22BrNO. The molecule has 2 aliphatic rings. The molecule has 3 rings (SSSR count). The molecule has 0 aromatic heterocycles. The van der Waals surface area contributed by atoms with Crippen molar-refractivity contribution in [1.29, 1.82) is 0 Å². The van der Waals surface area contributed by atoms with Gasteiger partial charge in [-0.15, -0.1) is 0 Å². The second kappa shape index (κ2) is 5.84. The van der Waals surface area contributed by atoms with Gasteiger partial charge in [0.1, 0.15) is 5.75 Å². The van der Waals surface area contributed by atoms with Crippen LogP contribution in [0.15, 0.2) is 22.7 Å². The fourth-order valence-corrected chi connectivity index (χ4v) is 4.14. The first-order valence-corrected chi connectivity index (χ1v) is 8.11. The molecule has 3 unspecified atom stereocenters. The van der Waals surface area contributed by atoms with Crippen LogP contribution in [-0.2, 0) is 6.54 Å². The fraction of sp³-hybridized carbons (Fsp3) is 0.625. The quantitative estimate of drug-likeness (QED) is 0.884. The lowest BCUT2D eigenvalue weighted by Gasteiger charge is -2.22. The van der Waals surface area contributed by atoms with Crippen molar-refractivity contribution in [2.75, 3.05) is 13.7 Å². The second-order valence-corrected chi connectivity index (χ2v) is 6.88. The molecule has 1 aromatic carbocycles. The van der Waals surface area contributed by atoms with Crippen LogP contribution in [0.25, 0.3) is 0 Å². The Kier molecular flexibility index (Phi) is 4.13. The summed E-state index contributed by atoms with van der Waals surface area (Å²) < 4.78 is 7.18. The number of rotatable bonds is 5. The van der Waals surface area contributed by atoms with Crippen molar-refractivity contribution in [1.82, 2.24) is 5.32 Å². The van der Waals surface area contributed by atoms with Crippen molar-refractivity contribution >= 4 is 15.9 Å². The molecule has 2 aliphatic carbocycles. The minimum absolute atomic E-state index is 0.801. The third-order valence-corrected chi connectivity index (χ3v) is 5.51. The van der Waals surface area contributed by atoms with Crippen LogP contribution < -0.4 is 10.1 Å². The van der Waals surface area contributed by atoms with Crippen molar-refractivity contribution in [3.8, 4) is 5.75 Å². The van der Waals surface area contributed by atoms with Crippen LogP contribution in [0.3, 0.4) is 0 Å². The average molecular weight is 324 g/mol. The summed E-state index contributed by atoms with van der Waals surface area (Å²) in [6.07, 6.45) is 5.75. The van der Waals surface area contributed by atoms with E-state index in [1.54, 1.807) is 0 Å². The van der Waals surface area contributed by atoms with E-state index in [-0.39, 0.29) is 0 Å². The van der Waals surface area contributed by atoms with E-state index in [1.165, 1.54) is 31.2 Å². The Morgan fingerprint density at radius 1 is 1.32 bits per heavy atom. The van der Waals surface area contributed by atoms with Gasteiger partial charge < -0.3 is 10.1 Å². The molecule has 2 nitrogen and oxygen atoms in total. The average Bonchev–Trinajstić information content (AvgIpc) is 3.02. The molecular weight excluding hydrogens is 302 g/mol. The predicted molar refractivity (Wildman–Crippen MR) is 81.3 cm³/mol. The van der Waals surface area contributed by atoms with E-state index >= 15 is 0 Å². The summed E-state index contributed by atoms with van der Waals surface area (Å²) in [5, 5.41) is 3.19. The van der Waals surface area contributed by atoms with Crippen LogP contribution in [0.2, 0.25) is 0 Å². The van der Waals surface area contributed by atoms with Gasteiger partial charge in [0.05, 0.1) is 6.61 Å². The van der Waals surface area contributed by atoms with E-state index in [0.29, 0.717) is 0 Å². The summed E-state index contributed by atoms with van der Waals surface area (Å²) in [7, 11) is 1.97. The molecule has 0 amide bonds. The molecule has 2 bridgehead atoms. The third kappa shape index (κ3) is 2.97. The van der Waals surface area contributed by atoms with E-state index in [1.807, 2.05) is 7.05 Å². The summed E-state index contributed by atoms with van der Waals surface area (Å²) in [5.41, 5.74) is 1.26. The number of fused-ring (bicyclic) bond motifs is 2. The molecule has 104 valence electrons. The number of benzene rings is 1. The van der Waals surface area contributed by atoms with Crippen molar-refractivity contribution in [2.45, 2.75) is 32.2 Å². The van der Waals surface area contributed by atoms with E-state index in [0.717, 1.165) is 41.1 Å². The summed E-state index contributed by atoms with van der Waals surface area (Å²) in [6.45, 7) is 1.77. The highest BCUT2D eigenvalue weighted by Gasteiger charge is 2.39. The van der Waals surface area contributed by atoms with Gasteiger partial charge in [0, 0.05) is 11.0 Å². The lowest BCUT2D eigenvalue weighted by molar-refractivity contribution is 0.195. The van der Waals surface area contributed by atoms with Gasteiger partial charge in [-0.3, -0.25) is 0 Å². The Labute approximate surface area is 124 Å². The standard InChI is InChI=1S/C16H22BrNO/c1-18-9-13-8-15(4-5-16(13)17)19-10-14-7-11-2-3-12(14)6-11/h4-5,8,11-12,14,18H,2-3,6-7,9-10H2,1H3. The zero-order valence-electron chi connectivity index (χ0n) is 11.5. The Morgan fingerprint density at radius 3 is 2.89 bits per heavy atom. The number of hydrogen-bond donors (Lipinski definition) is 1. The summed E-state index contributed by atoms with van der Waals surface area (Å²) in [6, 6.07) is 6.30. The van der Waals surface area contributed by atoms with E-state index in [9.17, 15) is 0 Å². The Hall–Kier alpha value is -0.540. The molecule has 0 saturated heterocycles. The van der Waals surface area contributed by atoms with Gasteiger partial charge in [-0.1, -0.05) is 22.4 Å². The van der Waals surface area contributed by atoms with Crippen LogP contribution in [0.1, 0.15) is 31.2 Å². The van der Waals surface area contributed by atoms with Gasteiger partial charge in [0.15, 0.2) is 0 Å². The van der Waals surface area contributed by atoms with Gasteiger partial charge in [0.25, 0.3) is 0 Å². The minimum atomic E-state index is 0.801. The van der Waals surface area contributed by atoms with E-state index in [2.05, 4.69) is 39.4 Å². The molecule has 0 spiro atoms. The molecule has 0 heterocycles. The Bertz CT molecular complexity index is 448. The smallest absolute Gasteiger partial charge is 0.119 e. The number of hydrogen-bond acceptors (Lipinski definition) is 2. The monoisotopic (exact) mass is 323 g/mol. The van der Waals surface area contributed by atoms with Crippen molar-refractivity contribution in [2.24, 2.45) is 17.8 Å². The van der Waals surface area contributed by atoms with Gasteiger partial charge in [0.2, 0.25) is 0 Å². The Balaban J connectivity index is 1.59. The van der Waals surface area contributed by atoms with E-state index < -0.39 is 0 Å². The number of halogens is 1. The van der Waals surface area contributed by atoms with Crippen molar-refractivity contribution < 1.29 is 4.74 Å². The van der Waals surface area contributed by atoms with Crippen LogP contribution in [0.4, 0.5) is 0 Å². The maximum atomic E-state index is 6.04. The highest BCUT2D eigenvalue weighted by molar-refractivity contribution is 9.10. The zero-order chi connectivity index (χ0) is 13.2. The van der Waals surface area contributed by atoms with E-state index in [4.69, 9.17) is 4.74 Å². The predicted octanol–water partition coefficient (Wildman–Crippen LogP) is 3.98. The molecule has 0 radical (unpaired) electrons. The summed E-state index contributed by atoms with van der Waals surface area (Å²) >= 11 is 3.58. The largest absolute Gasteiger partial charge is 0.493 e. The molecule has 19 heavy (non-hydrogen) atoms. The van der Waals surface area contributed by atoms with Gasteiger partial charge in [-0.05, 0) is 67.8 Å². The normalized spacial score (nSPS) is 28.8. The number of ether oxygens (including phenoxy) is 1. The first-order chi connectivity index (χ1) is 9.26. The summed E-state index contributed by atoms with van der Waals surface area (Å²) in [4.78, 5) is 0. The van der Waals surface area contributed by atoms with Gasteiger partial charge >= 0.3 is 0 Å². The topological polar surface area (TPSA) is 21.3 Å².